The zero-order valence-corrected chi connectivity index (χ0v) is 14.0. The van der Waals surface area contributed by atoms with E-state index in [1.54, 1.807) is 0 Å². The maximum Gasteiger partial charge on any atom is 0.0159 e. The Balaban J connectivity index is 2.18. The first-order valence-electron chi connectivity index (χ1n) is 8.06. The highest BCUT2D eigenvalue weighted by Gasteiger charge is 2.37. The van der Waals surface area contributed by atoms with E-state index in [9.17, 15) is 0 Å². The number of rotatable bonds is 3. The summed E-state index contributed by atoms with van der Waals surface area (Å²) in [6.45, 7) is 4.62. The summed E-state index contributed by atoms with van der Waals surface area (Å²) >= 11 is 0. The van der Waals surface area contributed by atoms with Gasteiger partial charge >= 0.3 is 0 Å². The number of hydrogen-bond donors (Lipinski definition) is 1. The van der Waals surface area contributed by atoms with E-state index in [-0.39, 0.29) is 5.41 Å². The molecule has 0 amide bonds. The van der Waals surface area contributed by atoms with E-state index >= 15 is 0 Å². The van der Waals surface area contributed by atoms with Gasteiger partial charge < -0.3 is 5.32 Å². The van der Waals surface area contributed by atoms with Gasteiger partial charge in [0.2, 0.25) is 0 Å². The molecule has 3 rings (SSSR count). The first-order chi connectivity index (χ1) is 11.1. The SMILES string of the molecule is CN/C=C/C=C1\C(=Cc2ccccc2)C(C)(C)c2ccccc21. The highest BCUT2D eigenvalue weighted by molar-refractivity contribution is 5.94. The third kappa shape index (κ3) is 2.87. The second-order valence-electron chi connectivity index (χ2n) is 6.37. The molecule has 0 saturated heterocycles. The second-order valence-corrected chi connectivity index (χ2v) is 6.37. The third-order valence-electron chi connectivity index (χ3n) is 4.49. The number of nitrogens with one attached hydrogen (secondary N) is 1. The molecular formula is C22H23N. The van der Waals surface area contributed by atoms with Crippen LogP contribution in [0.4, 0.5) is 0 Å². The van der Waals surface area contributed by atoms with Crippen molar-refractivity contribution in [3.05, 3.63) is 95.2 Å². The van der Waals surface area contributed by atoms with Crippen LogP contribution in [0.5, 0.6) is 0 Å². The topological polar surface area (TPSA) is 12.0 Å². The minimum Gasteiger partial charge on any atom is -0.394 e. The smallest absolute Gasteiger partial charge is 0.0159 e. The van der Waals surface area contributed by atoms with Crippen LogP contribution in [0.15, 0.2) is 78.5 Å². The van der Waals surface area contributed by atoms with E-state index in [2.05, 4.69) is 92.0 Å². The summed E-state index contributed by atoms with van der Waals surface area (Å²) in [6, 6.07) is 19.3. The first-order valence-corrected chi connectivity index (χ1v) is 8.06. The fourth-order valence-corrected chi connectivity index (χ4v) is 3.28. The second kappa shape index (κ2) is 6.29. The van der Waals surface area contributed by atoms with E-state index < -0.39 is 0 Å². The Labute approximate surface area is 139 Å². The molecule has 2 aromatic carbocycles. The van der Waals surface area contributed by atoms with Crippen molar-refractivity contribution in [2.45, 2.75) is 19.3 Å². The predicted octanol–water partition coefficient (Wildman–Crippen LogP) is 5.18. The Kier molecular flexibility index (Phi) is 4.20. The van der Waals surface area contributed by atoms with Crippen molar-refractivity contribution in [3.63, 3.8) is 0 Å². The summed E-state index contributed by atoms with van der Waals surface area (Å²) in [7, 11) is 1.92. The van der Waals surface area contributed by atoms with Crippen LogP contribution >= 0.6 is 0 Å². The molecule has 0 radical (unpaired) electrons. The number of benzene rings is 2. The summed E-state index contributed by atoms with van der Waals surface area (Å²) in [5.41, 5.74) is 6.65. The summed E-state index contributed by atoms with van der Waals surface area (Å²) < 4.78 is 0. The molecule has 2 aromatic rings. The number of allylic oxidation sites excluding steroid dienone is 4. The van der Waals surface area contributed by atoms with Crippen LogP contribution in [0.3, 0.4) is 0 Å². The highest BCUT2D eigenvalue weighted by atomic mass is 14.8. The van der Waals surface area contributed by atoms with Crippen molar-refractivity contribution < 1.29 is 0 Å². The van der Waals surface area contributed by atoms with Crippen molar-refractivity contribution in [2.75, 3.05) is 7.05 Å². The Morgan fingerprint density at radius 1 is 0.913 bits per heavy atom. The van der Waals surface area contributed by atoms with Crippen LogP contribution in [0.2, 0.25) is 0 Å². The minimum atomic E-state index is 0.00571. The standard InChI is InChI=1S/C22H23N/c1-22(2)20-14-8-7-12-18(20)19(13-9-15-23-3)21(22)16-17-10-5-4-6-11-17/h4-16,23H,1-3H3/b15-9+,19-13-,21-16?. The Morgan fingerprint density at radius 3 is 2.35 bits per heavy atom. The Hall–Kier alpha value is -2.54. The molecule has 1 heteroatoms. The minimum absolute atomic E-state index is 0.00571. The van der Waals surface area contributed by atoms with Gasteiger partial charge in [0.1, 0.15) is 0 Å². The molecule has 1 aliphatic rings. The third-order valence-corrected chi connectivity index (χ3v) is 4.49. The van der Waals surface area contributed by atoms with Crippen LogP contribution in [0.25, 0.3) is 11.6 Å². The van der Waals surface area contributed by atoms with Crippen LogP contribution in [0, 0.1) is 0 Å². The molecule has 0 saturated carbocycles. The molecule has 0 heterocycles. The highest BCUT2D eigenvalue weighted by Crippen LogP contribution is 2.50. The summed E-state index contributed by atoms with van der Waals surface area (Å²) in [6.07, 6.45) is 8.56. The number of fused-ring (bicyclic) bond motifs is 1. The summed E-state index contributed by atoms with van der Waals surface area (Å²) in [5.74, 6) is 0. The van der Waals surface area contributed by atoms with Crippen LogP contribution in [0.1, 0.15) is 30.5 Å². The lowest BCUT2D eigenvalue weighted by atomic mass is 9.81. The van der Waals surface area contributed by atoms with E-state index in [0.29, 0.717) is 0 Å². The normalized spacial score (nSPS) is 19.4. The van der Waals surface area contributed by atoms with Gasteiger partial charge in [-0.2, -0.15) is 0 Å². The Morgan fingerprint density at radius 2 is 1.61 bits per heavy atom. The van der Waals surface area contributed by atoms with Crippen molar-refractivity contribution in [3.8, 4) is 0 Å². The Bertz CT molecular complexity index is 777. The lowest BCUT2D eigenvalue weighted by Crippen LogP contribution is -2.14. The van der Waals surface area contributed by atoms with Gasteiger partial charge in [0.05, 0.1) is 0 Å². The predicted molar refractivity (Wildman–Crippen MR) is 100 cm³/mol. The average molecular weight is 301 g/mol. The monoisotopic (exact) mass is 301 g/mol. The van der Waals surface area contributed by atoms with E-state index in [0.717, 1.165) is 0 Å². The lowest BCUT2D eigenvalue weighted by molar-refractivity contribution is 0.665. The first kappa shape index (κ1) is 15.4. The molecule has 1 nitrogen and oxygen atoms in total. The van der Waals surface area contributed by atoms with Crippen molar-refractivity contribution in [1.82, 2.24) is 5.32 Å². The molecule has 0 spiro atoms. The van der Waals surface area contributed by atoms with E-state index in [1.807, 2.05) is 13.2 Å². The van der Waals surface area contributed by atoms with E-state index in [1.165, 1.54) is 27.8 Å². The molecule has 0 fully saturated rings. The van der Waals surface area contributed by atoms with Crippen molar-refractivity contribution in [1.29, 1.82) is 0 Å². The van der Waals surface area contributed by atoms with Gasteiger partial charge in [-0.05, 0) is 40.1 Å². The van der Waals surface area contributed by atoms with Crippen molar-refractivity contribution in [2.24, 2.45) is 0 Å². The fraction of sp³-hybridized carbons (Fsp3) is 0.182. The molecule has 1 aliphatic carbocycles. The number of hydrogen-bond acceptors (Lipinski definition) is 1. The zero-order valence-electron chi connectivity index (χ0n) is 14.0. The van der Waals surface area contributed by atoms with Gasteiger partial charge in [-0.25, -0.2) is 0 Å². The van der Waals surface area contributed by atoms with Crippen LogP contribution < -0.4 is 5.32 Å². The van der Waals surface area contributed by atoms with Gasteiger partial charge in [0, 0.05) is 12.5 Å². The molecule has 0 unspecified atom stereocenters. The molecular weight excluding hydrogens is 278 g/mol. The molecule has 116 valence electrons. The van der Waals surface area contributed by atoms with E-state index in [4.69, 9.17) is 0 Å². The largest absolute Gasteiger partial charge is 0.394 e. The molecule has 23 heavy (non-hydrogen) atoms. The molecule has 0 bridgehead atoms. The van der Waals surface area contributed by atoms with Crippen LogP contribution in [-0.2, 0) is 5.41 Å². The summed E-state index contributed by atoms with van der Waals surface area (Å²) in [4.78, 5) is 0. The molecule has 0 aromatic heterocycles. The maximum atomic E-state index is 3.06. The van der Waals surface area contributed by atoms with Gasteiger partial charge in [0.15, 0.2) is 0 Å². The fourth-order valence-electron chi connectivity index (χ4n) is 3.28. The maximum absolute atomic E-state index is 3.06. The van der Waals surface area contributed by atoms with Gasteiger partial charge in [0.25, 0.3) is 0 Å². The van der Waals surface area contributed by atoms with Gasteiger partial charge in [-0.3, -0.25) is 0 Å². The van der Waals surface area contributed by atoms with Gasteiger partial charge in [-0.1, -0.05) is 80.6 Å². The summed E-state index contributed by atoms with van der Waals surface area (Å²) in [5, 5.41) is 3.06. The molecule has 0 atom stereocenters. The average Bonchev–Trinajstić information content (AvgIpc) is 2.78. The lowest BCUT2D eigenvalue weighted by Gasteiger charge is -2.22. The molecule has 0 aliphatic heterocycles. The molecule has 1 N–H and O–H groups in total. The quantitative estimate of drug-likeness (QED) is 0.824. The van der Waals surface area contributed by atoms with Gasteiger partial charge in [-0.15, -0.1) is 0 Å². The van der Waals surface area contributed by atoms with Crippen LogP contribution in [-0.4, -0.2) is 7.05 Å². The zero-order chi connectivity index (χ0) is 16.3. The van der Waals surface area contributed by atoms with Crippen molar-refractivity contribution >= 4 is 11.6 Å².